The molecule has 0 spiro atoms. The summed E-state index contributed by atoms with van der Waals surface area (Å²) >= 11 is 11.9. The van der Waals surface area contributed by atoms with Crippen LogP contribution in [0.2, 0.25) is 10.0 Å². The zero-order chi connectivity index (χ0) is 20.6. The van der Waals surface area contributed by atoms with Gasteiger partial charge in [0.05, 0.1) is 0 Å². The number of benzene rings is 2. The van der Waals surface area contributed by atoms with E-state index >= 15 is 0 Å². The van der Waals surface area contributed by atoms with Gasteiger partial charge in [0.25, 0.3) is 5.91 Å². The van der Waals surface area contributed by atoms with Crippen LogP contribution in [0.25, 0.3) is 0 Å². The quantitative estimate of drug-likeness (QED) is 0.576. The van der Waals surface area contributed by atoms with Crippen molar-refractivity contribution in [2.75, 3.05) is 32.8 Å². The predicted molar refractivity (Wildman–Crippen MR) is 119 cm³/mol. The van der Waals surface area contributed by atoms with Gasteiger partial charge in [-0.1, -0.05) is 42.3 Å². The molecule has 1 aliphatic rings. The molecular formula is C23H28Cl2N2O2. The third-order valence-electron chi connectivity index (χ3n) is 5.38. The zero-order valence-corrected chi connectivity index (χ0v) is 18.3. The maximum atomic E-state index is 12.9. The lowest BCUT2D eigenvalue weighted by molar-refractivity contribution is -0.134. The Kier molecular flexibility index (Phi) is 8.22. The first-order chi connectivity index (χ1) is 14.0. The molecule has 0 radical (unpaired) electrons. The second kappa shape index (κ2) is 10.9. The van der Waals surface area contributed by atoms with Crippen molar-refractivity contribution in [2.45, 2.75) is 26.3 Å². The molecule has 0 aromatic heterocycles. The van der Waals surface area contributed by atoms with E-state index in [-0.39, 0.29) is 12.5 Å². The summed E-state index contributed by atoms with van der Waals surface area (Å²) in [7, 11) is 0. The Labute approximate surface area is 183 Å². The molecule has 0 saturated carbocycles. The van der Waals surface area contributed by atoms with Gasteiger partial charge < -0.3 is 14.5 Å². The lowest BCUT2D eigenvalue weighted by Crippen LogP contribution is -2.42. The van der Waals surface area contributed by atoms with Crippen LogP contribution in [0, 0.1) is 5.92 Å². The molecule has 0 aliphatic carbocycles. The number of halogens is 2. The summed E-state index contributed by atoms with van der Waals surface area (Å²) in [6, 6.07) is 14.7. The largest absolute Gasteiger partial charge is 0.484 e. The van der Waals surface area contributed by atoms with Gasteiger partial charge in [-0.2, -0.15) is 0 Å². The van der Waals surface area contributed by atoms with Crippen molar-refractivity contribution in [3.63, 3.8) is 0 Å². The van der Waals surface area contributed by atoms with E-state index in [1.54, 1.807) is 24.3 Å². The van der Waals surface area contributed by atoms with Crippen LogP contribution in [0.1, 0.15) is 25.3 Å². The highest BCUT2D eigenvalue weighted by Crippen LogP contribution is 2.18. The van der Waals surface area contributed by atoms with Crippen LogP contribution in [0.4, 0.5) is 0 Å². The summed E-state index contributed by atoms with van der Waals surface area (Å²) in [5, 5.41) is 1.34. The molecular weight excluding hydrogens is 407 g/mol. The Balaban J connectivity index is 1.59. The number of carbonyl (C=O) groups excluding carboxylic acids is 1. The molecule has 6 heteroatoms. The van der Waals surface area contributed by atoms with E-state index in [1.165, 1.54) is 12.8 Å². The number of hydrogen-bond donors (Lipinski definition) is 0. The molecule has 1 fully saturated rings. The third-order valence-corrected chi connectivity index (χ3v) is 5.88. The molecule has 0 unspecified atom stereocenters. The first kappa shape index (κ1) is 21.9. The van der Waals surface area contributed by atoms with Gasteiger partial charge in [-0.15, -0.1) is 0 Å². The van der Waals surface area contributed by atoms with Crippen LogP contribution in [0.15, 0.2) is 48.5 Å². The second-order valence-electron chi connectivity index (χ2n) is 7.71. The highest BCUT2D eigenvalue weighted by molar-refractivity contribution is 6.30. The van der Waals surface area contributed by atoms with Crippen molar-refractivity contribution in [1.82, 2.24) is 9.80 Å². The van der Waals surface area contributed by atoms with Crippen LogP contribution in [-0.2, 0) is 11.3 Å². The number of nitrogens with zero attached hydrogens (tertiary/aromatic N) is 2. The Hall–Kier alpha value is -1.75. The fraction of sp³-hybridized carbons (Fsp3) is 0.435. The molecule has 0 N–H and O–H groups in total. The summed E-state index contributed by atoms with van der Waals surface area (Å²) < 4.78 is 5.68. The average molecular weight is 435 g/mol. The lowest BCUT2D eigenvalue weighted by atomic mass is 9.99. The monoisotopic (exact) mass is 434 g/mol. The minimum absolute atomic E-state index is 0.00621. The molecule has 4 nitrogen and oxygen atoms in total. The van der Waals surface area contributed by atoms with Crippen molar-refractivity contribution in [3.05, 3.63) is 64.1 Å². The average Bonchev–Trinajstić information content (AvgIpc) is 2.73. The van der Waals surface area contributed by atoms with Gasteiger partial charge >= 0.3 is 0 Å². The maximum Gasteiger partial charge on any atom is 0.260 e. The van der Waals surface area contributed by atoms with Gasteiger partial charge in [0, 0.05) is 29.7 Å². The van der Waals surface area contributed by atoms with Crippen LogP contribution in [-0.4, -0.2) is 48.5 Å². The Morgan fingerprint density at radius 2 is 1.62 bits per heavy atom. The Bertz CT molecular complexity index is 772. The van der Waals surface area contributed by atoms with Crippen LogP contribution in [0.5, 0.6) is 5.75 Å². The molecule has 1 amide bonds. The smallest absolute Gasteiger partial charge is 0.260 e. The van der Waals surface area contributed by atoms with Gasteiger partial charge in [0.2, 0.25) is 0 Å². The molecule has 0 bridgehead atoms. The van der Waals surface area contributed by atoms with E-state index in [4.69, 9.17) is 27.9 Å². The van der Waals surface area contributed by atoms with E-state index in [2.05, 4.69) is 11.8 Å². The van der Waals surface area contributed by atoms with Gasteiger partial charge in [-0.25, -0.2) is 0 Å². The fourth-order valence-electron chi connectivity index (χ4n) is 3.42. The van der Waals surface area contributed by atoms with E-state index in [9.17, 15) is 4.79 Å². The van der Waals surface area contributed by atoms with Crippen molar-refractivity contribution in [1.29, 1.82) is 0 Å². The SMILES string of the molecule is CC1CCN(CCN(Cc2ccc(Cl)cc2)C(=O)COc2ccc(Cl)cc2)CC1. The highest BCUT2D eigenvalue weighted by Gasteiger charge is 2.19. The first-order valence-corrected chi connectivity index (χ1v) is 10.9. The summed E-state index contributed by atoms with van der Waals surface area (Å²) in [4.78, 5) is 17.2. The molecule has 1 saturated heterocycles. The first-order valence-electron chi connectivity index (χ1n) is 10.1. The minimum Gasteiger partial charge on any atom is -0.484 e. The number of rotatable bonds is 8. The molecule has 2 aromatic rings. The molecule has 0 atom stereocenters. The van der Waals surface area contributed by atoms with Crippen molar-refractivity contribution in [3.8, 4) is 5.75 Å². The number of hydrogen-bond acceptors (Lipinski definition) is 3. The lowest BCUT2D eigenvalue weighted by Gasteiger charge is -2.32. The normalized spacial score (nSPS) is 15.3. The summed E-state index contributed by atoms with van der Waals surface area (Å²) in [6.07, 6.45) is 2.45. The fourth-order valence-corrected chi connectivity index (χ4v) is 3.67. The molecule has 29 heavy (non-hydrogen) atoms. The Morgan fingerprint density at radius 1 is 1.03 bits per heavy atom. The number of likely N-dealkylation sites (tertiary alicyclic amines) is 1. The predicted octanol–water partition coefficient (Wildman–Crippen LogP) is 5.13. The molecule has 1 aliphatic heterocycles. The summed E-state index contributed by atoms with van der Waals surface area (Å²) in [6.45, 7) is 6.63. The van der Waals surface area contributed by atoms with E-state index < -0.39 is 0 Å². The topological polar surface area (TPSA) is 32.8 Å². The number of carbonyl (C=O) groups is 1. The van der Waals surface area contributed by atoms with Gasteiger partial charge in [-0.05, 0) is 73.8 Å². The minimum atomic E-state index is -0.0275. The molecule has 3 rings (SSSR count). The third kappa shape index (κ3) is 7.22. The van der Waals surface area contributed by atoms with Crippen LogP contribution in [0.3, 0.4) is 0 Å². The molecule has 156 valence electrons. The molecule has 2 aromatic carbocycles. The zero-order valence-electron chi connectivity index (χ0n) is 16.8. The highest BCUT2D eigenvalue weighted by atomic mass is 35.5. The number of amides is 1. The molecule has 1 heterocycles. The van der Waals surface area contributed by atoms with Crippen molar-refractivity contribution < 1.29 is 9.53 Å². The second-order valence-corrected chi connectivity index (χ2v) is 8.58. The van der Waals surface area contributed by atoms with Crippen LogP contribution < -0.4 is 4.74 Å². The Morgan fingerprint density at radius 3 is 2.24 bits per heavy atom. The van der Waals surface area contributed by atoms with E-state index in [1.807, 2.05) is 29.2 Å². The van der Waals surface area contributed by atoms with Crippen LogP contribution >= 0.6 is 23.2 Å². The van der Waals surface area contributed by atoms with Gasteiger partial charge in [-0.3, -0.25) is 4.79 Å². The van der Waals surface area contributed by atoms with Gasteiger partial charge in [0.1, 0.15) is 5.75 Å². The number of piperidine rings is 1. The standard InChI is InChI=1S/C23H28Cl2N2O2/c1-18-10-12-26(13-11-18)14-15-27(16-19-2-4-20(24)5-3-19)23(28)17-29-22-8-6-21(25)7-9-22/h2-9,18H,10-17H2,1H3. The maximum absolute atomic E-state index is 12.9. The van der Waals surface area contributed by atoms with Gasteiger partial charge in [0.15, 0.2) is 6.61 Å². The summed E-state index contributed by atoms with van der Waals surface area (Å²) in [5.74, 6) is 1.41. The number of ether oxygens (including phenoxy) is 1. The van der Waals surface area contributed by atoms with E-state index in [0.29, 0.717) is 28.9 Å². The van der Waals surface area contributed by atoms with E-state index in [0.717, 1.165) is 31.1 Å². The summed E-state index contributed by atoms with van der Waals surface area (Å²) in [5.41, 5.74) is 1.06. The van der Waals surface area contributed by atoms with Crippen molar-refractivity contribution in [2.24, 2.45) is 5.92 Å². The van der Waals surface area contributed by atoms with Crippen molar-refractivity contribution >= 4 is 29.1 Å².